The molecule has 1 aliphatic rings. The lowest BCUT2D eigenvalue weighted by atomic mass is 10.1. The molecular weight excluding hydrogens is 220 g/mol. The zero-order valence-corrected chi connectivity index (χ0v) is 9.67. The van der Waals surface area contributed by atoms with Crippen molar-refractivity contribution >= 4 is 24.3 Å². The molecule has 1 saturated carbocycles. The Hall–Kier alpha value is -0.810. The number of amides is 1. The van der Waals surface area contributed by atoms with Gasteiger partial charge in [-0.3, -0.25) is 4.79 Å². The van der Waals surface area contributed by atoms with Crippen LogP contribution in [0.3, 0.4) is 0 Å². The molecule has 0 spiro atoms. The number of carbonyl (C=O) groups is 2. The Morgan fingerprint density at radius 1 is 1.47 bits per heavy atom. The largest absolute Gasteiger partial charge is 0.467 e. The first kappa shape index (κ1) is 14.2. The van der Waals surface area contributed by atoms with Crippen molar-refractivity contribution in [2.24, 2.45) is 11.7 Å². The number of methoxy groups -OCH3 is 1. The highest BCUT2D eigenvalue weighted by molar-refractivity contribution is 5.87. The van der Waals surface area contributed by atoms with Crippen LogP contribution in [0.2, 0.25) is 0 Å². The van der Waals surface area contributed by atoms with Gasteiger partial charge < -0.3 is 15.8 Å². The van der Waals surface area contributed by atoms with Crippen LogP contribution in [0.25, 0.3) is 0 Å². The van der Waals surface area contributed by atoms with E-state index in [1.165, 1.54) is 7.11 Å². The first-order valence-corrected chi connectivity index (χ1v) is 4.70. The van der Waals surface area contributed by atoms with E-state index in [1.807, 2.05) is 0 Å². The van der Waals surface area contributed by atoms with Crippen LogP contribution in [0.15, 0.2) is 0 Å². The van der Waals surface area contributed by atoms with E-state index in [0.717, 1.165) is 12.8 Å². The average Bonchev–Trinajstić information content (AvgIpc) is 2.95. The number of nitrogens with one attached hydrogen (secondary N) is 1. The lowest BCUT2D eigenvalue weighted by Gasteiger charge is -2.16. The molecule has 3 N–H and O–H groups in total. The van der Waals surface area contributed by atoms with Gasteiger partial charge in [-0.25, -0.2) is 4.79 Å². The highest BCUT2D eigenvalue weighted by atomic mass is 35.5. The van der Waals surface area contributed by atoms with Crippen LogP contribution in [0, 0.1) is 5.92 Å². The average molecular weight is 237 g/mol. The first-order chi connectivity index (χ1) is 6.56. The third kappa shape index (κ3) is 4.05. The van der Waals surface area contributed by atoms with E-state index in [-0.39, 0.29) is 30.2 Å². The van der Waals surface area contributed by atoms with Gasteiger partial charge in [0.15, 0.2) is 0 Å². The number of esters is 1. The Kier molecular flexibility index (Phi) is 5.60. The van der Waals surface area contributed by atoms with E-state index >= 15 is 0 Å². The summed E-state index contributed by atoms with van der Waals surface area (Å²) in [5, 5.41) is 2.59. The molecule has 0 aromatic rings. The van der Waals surface area contributed by atoms with Crippen LogP contribution in [-0.2, 0) is 14.3 Å². The van der Waals surface area contributed by atoms with Gasteiger partial charge in [-0.15, -0.1) is 12.4 Å². The lowest BCUT2D eigenvalue weighted by molar-refractivity contribution is -0.145. The van der Waals surface area contributed by atoms with Gasteiger partial charge in [-0.1, -0.05) is 0 Å². The summed E-state index contributed by atoms with van der Waals surface area (Å²) in [5.74, 6) is -0.473. The fraction of sp³-hybridized carbons (Fsp3) is 0.778. The van der Waals surface area contributed by atoms with Gasteiger partial charge in [0.2, 0.25) is 5.91 Å². The fourth-order valence-corrected chi connectivity index (χ4v) is 1.21. The SMILES string of the molecule is COC(=O)C(NC(=O)[C@H](C)N)C1CC1.Cl. The van der Waals surface area contributed by atoms with Gasteiger partial charge in [0.25, 0.3) is 0 Å². The minimum Gasteiger partial charge on any atom is -0.467 e. The van der Waals surface area contributed by atoms with Crippen LogP contribution in [0.4, 0.5) is 0 Å². The minimum atomic E-state index is -0.596. The summed E-state index contributed by atoms with van der Waals surface area (Å²) in [6.45, 7) is 1.58. The zero-order chi connectivity index (χ0) is 10.7. The molecule has 1 amide bonds. The minimum absolute atomic E-state index is 0. The topological polar surface area (TPSA) is 81.4 Å². The molecule has 0 aromatic carbocycles. The van der Waals surface area contributed by atoms with Crippen LogP contribution in [0.1, 0.15) is 19.8 Å². The van der Waals surface area contributed by atoms with Crippen molar-refractivity contribution in [3.8, 4) is 0 Å². The molecule has 6 heteroatoms. The summed E-state index contributed by atoms with van der Waals surface area (Å²) >= 11 is 0. The number of hydrogen-bond donors (Lipinski definition) is 2. The maximum absolute atomic E-state index is 11.3. The summed E-state index contributed by atoms with van der Waals surface area (Å²) in [6, 6.07) is -1.11. The normalized spacial score (nSPS) is 18.3. The van der Waals surface area contributed by atoms with Gasteiger partial charge in [-0.2, -0.15) is 0 Å². The summed E-state index contributed by atoms with van der Waals surface area (Å²) in [6.07, 6.45) is 1.91. The number of nitrogens with two attached hydrogens (primary N) is 1. The number of ether oxygens (including phenoxy) is 1. The molecule has 1 unspecified atom stereocenters. The van der Waals surface area contributed by atoms with E-state index in [2.05, 4.69) is 10.1 Å². The van der Waals surface area contributed by atoms with Crippen molar-refractivity contribution in [3.05, 3.63) is 0 Å². The van der Waals surface area contributed by atoms with Gasteiger partial charge in [0.05, 0.1) is 13.2 Å². The van der Waals surface area contributed by atoms with Gasteiger partial charge >= 0.3 is 5.97 Å². The van der Waals surface area contributed by atoms with E-state index in [1.54, 1.807) is 6.92 Å². The van der Waals surface area contributed by atoms with Crippen molar-refractivity contribution in [2.75, 3.05) is 7.11 Å². The number of halogens is 1. The Labute approximate surface area is 95.1 Å². The molecule has 0 aliphatic heterocycles. The molecule has 88 valence electrons. The molecule has 5 nitrogen and oxygen atoms in total. The molecule has 0 aromatic heterocycles. The molecule has 15 heavy (non-hydrogen) atoms. The fourth-order valence-electron chi connectivity index (χ4n) is 1.21. The predicted molar refractivity (Wildman–Crippen MR) is 57.6 cm³/mol. The van der Waals surface area contributed by atoms with E-state index in [0.29, 0.717) is 0 Å². The number of carbonyl (C=O) groups excluding carboxylic acids is 2. The second-order valence-electron chi connectivity index (χ2n) is 3.64. The Bertz CT molecular complexity index is 242. The predicted octanol–water partition coefficient (Wildman–Crippen LogP) is -0.177. The molecule has 0 bridgehead atoms. The summed E-state index contributed by atoms with van der Waals surface area (Å²) in [5.41, 5.74) is 5.38. The van der Waals surface area contributed by atoms with Gasteiger partial charge in [-0.05, 0) is 25.7 Å². The Morgan fingerprint density at radius 2 is 2.00 bits per heavy atom. The highest BCUT2D eigenvalue weighted by Crippen LogP contribution is 2.33. The third-order valence-electron chi connectivity index (χ3n) is 2.26. The molecular formula is C9H17ClN2O3. The Balaban J connectivity index is 0.00000196. The van der Waals surface area contributed by atoms with E-state index < -0.39 is 12.1 Å². The monoisotopic (exact) mass is 236 g/mol. The molecule has 1 aliphatic carbocycles. The van der Waals surface area contributed by atoms with Gasteiger partial charge in [0, 0.05) is 0 Å². The van der Waals surface area contributed by atoms with Crippen LogP contribution in [-0.4, -0.2) is 31.1 Å². The second kappa shape index (κ2) is 5.92. The smallest absolute Gasteiger partial charge is 0.328 e. The molecule has 0 heterocycles. The third-order valence-corrected chi connectivity index (χ3v) is 2.26. The lowest BCUT2D eigenvalue weighted by Crippen LogP contribution is -2.48. The van der Waals surface area contributed by atoms with Crippen molar-refractivity contribution < 1.29 is 14.3 Å². The van der Waals surface area contributed by atoms with Crippen molar-refractivity contribution in [3.63, 3.8) is 0 Å². The van der Waals surface area contributed by atoms with Crippen molar-refractivity contribution in [2.45, 2.75) is 31.8 Å². The van der Waals surface area contributed by atoms with Crippen LogP contribution < -0.4 is 11.1 Å². The molecule has 0 radical (unpaired) electrons. The van der Waals surface area contributed by atoms with Crippen molar-refractivity contribution in [1.29, 1.82) is 0 Å². The zero-order valence-electron chi connectivity index (χ0n) is 8.86. The van der Waals surface area contributed by atoms with Crippen LogP contribution in [0.5, 0.6) is 0 Å². The van der Waals surface area contributed by atoms with E-state index in [9.17, 15) is 9.59 Å². The standard InChI is InChI=1S/C9H16N2O3.ClH/c1-5(10)8(12)11-7(6-3-4-6)9(13)14-2;/h5-7H,3-4,10H2,1-2H3,(H,11,12);1H/t5-,7?;/m0./s1. The van der Waals surface area contributed by atoms with Crippen LogP contribution >= 0.6 is 12.4 Å². The highest BCUT2D eigenvalue weighted by Gasteiger charge is 2.38. The molecule has 0 saturated heterocycles. The number of hydrogen-bond acceptors (Lipinski definition) is 4. The van der Waals surface area contributed by atoms with Gasteiger partial charge in [0.1, 0.15) is 6.04 Å². The second-order valence-corrected chi connectivity index (χ2v) is 3.64. The molecule has 1 fully saturated rings. The summed E-state index contributed by atoms with van der Waals surface area (Å²) in [7, 11) is 1.32. The maximum atomic E-state index is 11.3. The first-order valence-electron chi connectivity index (χ1n) is 4.70. The maximum Gasteiger partial charge on any atom is 0.328 e. The quantitative estimate of drug-likeness (QED) is 0.664. The Morgan fingerprint density at radius 3 is 2.33 bits per heavy atom. The summed E-state index contributed by atoms with van der Waals surface area (Å²) < 4.78 is 4.60. The van der Waals surface area contributed by atoms with E-state index in [4.69, 9.17) is 5.73 Å². The molecule has 2 atom stereocenters. The summed E-state index contributed by atoms with van der Waals surface area (Å²) in [4.78, 5) is 22.5. The van der Waals surface area contributed by atoms with Crippen molar-refractivity contribution in [1.82, 2.24) is 5.32 Å². The molecule has 1 rings (SSSR count). The number of rotatable bonds is 4.